The van der Waals surface area contributed by atoms with E-state index in [1.54, 1.807) is 18.2 Å². The first kappa shape index (κ1) is 45.3. The molecule has 0 saturated carbocycles. The van der Waals surface area contributed by atoms with Crippen LogP contribution in [0.3, 0.4) is 0 Å². The van der Waals surface area contributed by atoms with Gasteiger partial charge in [-0.2, -0.15) is 4.98 Å². The molecule has 1 aromatic heterocycles. The van der Waals surface area contributed by atoms with E-state index in [0.717, 1.165) is 112 Å². The molecule has 17 nitrogen and oxygen atoms in total. The number of carbonyl (C=O) groups excluding carboxylic acids is 3. The van der Waals surface area contributed by atoms with Crippen molar-refractivity contribution in [2.75, 3.05) is 104 Å². The Kier molecular flexibility index (Phi) is 12.5. The van der Waals surface area contributed by atoms with Crippen molar-refractivity contribution in [3.63, 3.8) is 0 Å². The van der Waals surface area contributed by atoms with Gasteiger partial charge in [0.05, 0.1) is 34.9 Å². The number of benzene rings is 3. The minimum Gasteiger partial charge on any atom is -0.494 e. The van der Waals surface area contributed by atoms with Crippen LogP contribution in [0.25, 0.3) is 0 Å². The highest BCUT2D eigenvalue weighted by Gasteiger charge is 2.40. The van der Waals surface area contributed by atoms with Crippen LogP contribution in [0.2, 0.25) is 0 Å². The summed E-state index contributed by atoms with van der Waals surface area (Å²) in [4.78, 5) is 58.6. The van der Waals surface area contributed by atoms with Crippen molar-refractivity contribution in [1.82, 2.24) is 30.0 Å². The predicted octanol–water partition coefficient (Wildman–Crippen LogP) is 5.24. The first-order valence-electron chi connectivity index (χ1n) is 23.4. The van der Waals surface area contributed by atoms with Crippen LogP contribution in [0.4, 0.5) is 40.2 Å². The summed E-state index contributed by atoms with van der Waals surface area (Å²) >= 11 is 3.57. The lowest BCUT2D eigenvalue weighted by molar-refractivity contribution is -0.136. The fourth-order valence-corrected chi connectivity index (χ4v) is 12.3. The molecule has 7 heterocycles. The molecular formula is C48H58BrN11O6S. The molecule has 354 valence electrons. The average Bonchev–Trinajstić information content (AvgIpc) is 4.06. The number of aromatic nitrogens is 2. The average molecular weight is 997 g/mol. The van der Waals surface area contributed by atoms with E-state index in [1.807, 2.05) is 30.3 Å². The summed E-state index contributed by atoms with van der Waals surface area (Å²) in [5.41, 5.74) is 8.04. The SMILES string of the molecule is COc1cc(N2CCC(N3CCN(C[C@H]4CCN(c5ccc6c(c5)CN(C5CCC(=O)NC5=O)C6=O)C4)CC3)CC2)c(C)cc1Nc1ncc(Br)c(Nc2cccc3c2N(S(C)(=O)=O)CC3)n1. The number of methoxy groups -OCH3 is 1. The number of hydrogen-bond donors (Lipinski definition) is 3. The molecule has 6 aliphatic rings. The summed E-state index contributed by atoms with van der Waals surface area (Å²) in [5, 5.41) is 9.10. The molecule has 0 aliphatic carbocycles. The molecule has 4 fully saturated rings. The van der Waals surface area contributed by atoms with E-state index in [9.17, 15) is 22.8 Å². The Hall–Kier alpha value is -5.50. The molecule has 19 heteroatoms. The maximum atomic E-state index is 13.2. The molecule has 6 aliphatic heterocycles. The zero-order chi connectivity index (χ0) is 46.6. The van der Waals surface area contributed by atoms with Crippen LogP contribution in [0.15, 0.2) is 59.2 Å². The van der Waals surface area contributed by atoms with Crippen molar-refractivity contribution in [3.8, 4) is 5.75 Å². The first-order valence-corrected chi connectivity index (χ1v) is 26.0. The third-order valence-corrected chi connectivity index (χ3v) is 16.3. The van der Waals surface area contributed by atoms with Gasteiger partial charge in [0.1, 0.15) is 17.6 Å². The van der Waals surface area contributed by atoms with Crippen molar-refractivity contribution >= 4 is 83.9 Å². The van der Waals surface area contributed by atoms with Gasteiger partial charge in [0, 0.05) is 114 Å². The summed E-state index contributed by atoms with van der Waals surface area (Å²) in [6, 6.07) is 16.0. The Labute approximate surface area is 400 Å². The number of imide groups is 1. The van der Waals surface area contributed by atoms with Crippen molar-refractivity contribution < 1.29 is 27.5 Å². The van der Waals surface area contributed by atoms with Crippen molar-refractivity contribution in [2.24, 2.45) is 5.92 Å². The Bertz CT molecular complexity index is 2710. The number of piperazine rings is 1. The number of anilines is 7. The van der Waals surface area contributed by atoms with E-state index in [2.05, 4.69) is 81.6 Å². The summed E-state index contributed by atoms with van der Waals surface area (Å²) in [5.74, 6) is 1.36. The highest BCUT2D eigenvalue weighted by atomic mass is 79.9. The molecule has 4 saturated heterocycles. The fourth-order valence-electron chi connectivity index (χ4n) is 11.0. The van der Waals surface area contributed by atoms with Crippen LogP contribution in [0.1, 0.15) is 59.2 Å². The molecule has 2 atom stereocenters. The Morgan fingerprint density at radius 2 is 1.66 bits per heavy atom. The van der Waals surface area contributed by atoms with Crippen LogP contribution >= 0.6 is 15.9 Å². The van der Waals surface area contributed by atoms with Crippen molar-refractivity contribution in [1.29, 1.82) is 0 Å². The third kappa shape index (κ3) is 9.26. The maximum Gasteiger partial charge on any atom is 0.255 e. The van der Waals surface area contributed by atoms with Crippen LogP contribution in [-0.4, -0.2) is 142 Å². The lowest BCUT2D eigenvalue weighted by atomic mass is 10.00. The number of amides is 3. The third-order valence-electron chi connectivity index (χ3n) is 14.5. The normalized spacial score (nSPS) is 21.8. The van der Waals surface area contributed by atoms with Gasteiger partial charge in [-0.15, -0.1) is 0 Å². The monoisotopic (exact) mass is 995 g/mol. The molecule has 1 unspecified atom stereocenters. The standard InChI is InChI=1S/C48H58BrN11O6S/c1-30-23-39(52-48-50-26-37(49)45(54-48)51-38-6-4-5-32-12-18-60(44(32)38)67(3,64)65)42(66-2)25-41(30)57-16-13-34(14-17-57)56-21-19-55(20-22-56)27-31-11-15-58(28-31)35-7-8-36-33(24-35)29-59(47(36)63)40-9-10-43(61)53-46(40)62/h4-8,23-26,31,34,40H,9-22,27-29H2,1-3H3,(H,53,61,62)(H2,50,51,52,54)/t31-,40?/m1/s1. The van der Waals surface area contributed by atoms with Gasteiger partial charge in [-0.05, 0) is 108 Å². The number of aryl methyl sites for hydroxylation is 1. The smallest absolute Gasteiger partial charge is 0.255 e. The minimum absolute atomic E-state index is 0.130. The van der Waals surface area contributed by atoms with E-state index in [1.165, 1.54) is 10.6 Å². The summed E-state index contributed by atoms with van der Waals surface area (Å²) in [7, 11) is -1.77. The Morgan fingerprint density at radius 3 is 2.42 bits per heavy atom. The number of ether oxygens (including phenoxy) is 1. The van der Waals surface area contributed by atoms with Crippen molar-refractivity contribution in [2.45, 2.75) is 64.1 Å². The number of nitrogens with one attached hydrogen (secondary N) is 3. The zero-order valence-electron chi connectivity index (χ0n) is 38.3. The van der Waals surface area contributed by atoms with Gasteiger partial charge in [-0.25, -0.2) is 13.4 Å². The number of sulfonamides is 1. The number of para-hydroxylation sites is 1. The lowest BCUT2D eigenvalue weighted by Gasteiger charge is -2.44. The summed E-state index contributed by atoms with van der Waals surface area (Å²) in [6.45, 7) is 12.3. The van der Waals surface area contributed by atoms with Gasteiger partial charge < -0.3 is 35.0 Å². The molecule has 3 N–H and O–H groups in total. The van der Waals surface area contributed by atoms with Crippen LogP contribution < -0.4 is 34.8 Å². The van der Waals surface area contributed by atoms with Gasteiger partial charge in [0.2, 0.25) is 27.8 Å². The van der Waals surface area contributed by atoms with Gasteiger partial charge in [-0.3, -0.25) is 28.9 Å². The number of rotatable bonds is 12. The topological polar surface area (TPSA) is 176 Å². The second-order valence-electron chi connectivity index (χ2n) is 18.8. The molecule has 10 rings (SSSR count). The highest BCUT2D eigenvalue weighted by molar-refractivity contribution is 9.10. The van der Waals surface area contributed by atoms with E-state index in [0.29, 0.717) is 76.8 Å². The molecule has 0 bridgehead atoms. The first-order chi connectivity index (χ1) is 32.3. The van der Waals surface area contributed by atoms with Crippen molar-refractivity contribution in [3.05, 3.63) is 81.5 Å². The predicted molar refractivity (Wildman–Crippen MR) is 262 cm³/mol. The number of halogens is 1. The number of nitrogens with zero attached hydrogens (tertiary/aromatic N) is 8. The Morgan fingerprint density at radius 1 is 0.866 bits per heavy atom. The molecule has 3 amide bonds. The summed E-state index contributed by atoms with van der Waals surface area (Å²) in [6.07, 6.45) is 7.51. The zero-order valence-corrected chi connectivity index (χ0v) is 40.7. The van der Waals surface area contributed by atoms with E-state index < -0.39 is 16.1 Å². The highest BCUT2D eigenvalue weighted by Crippen LogP contribution is 2.41. The van der Waals surface area contributed by atoms with Gasteiger partial charge >= 0.3 is 0 Å². The van der Waals surface area contributed by atoms with Crippen LogP contribution in [0, 0.1) is 12.8 Å². The van der Waals surface area contributed by atoms with Gasteiger partial charge in [0.15, 0.2) is 0 Å². The quantitative estimate of drug-likeness (QED) is 0.157. The van der Waals surface area contributed by atoms with Crippen LogP contribution in [0.5, 0.6) is 5.75 Å². The molecule has 67 heavy (non-hydrogen) atoms. The number of carbonyl (C=O) groups is 3. The maximum absolute atomic E-state index is 13.2. The van der Waals surface area contributed by atoms with E-state index >= 15 is 0 Å². The van der Waals surface area contributed by atoms with E-state index in [4.69, 9.17) is 9.72 Å². The number of hydrogen-bond acceptors (Lipinski definition) is 14. The lowest BCUT2D eigenvalue weighted by Crippen LogP contribution is -2.54. The van der Waals surface area contributed by atoms with Gasteiger partial charge in [0.25, 0.3) is 5.91 Å². The van der Waals surface area contributed by atoms with E-state index in [-0.39, 0.29) is 24.1 Å². The molecular weight excluding hydrogens is 939 g/mol. The molecule has 3 aromatic carbocycles. The summed E-state index contributed by atoms with van der Waals surface area (Å²) < 4.78 is 33.2. The Balaban J connectivity index is 0.701. The number of fused-ring (bicyclic) bond motifs is 2. The molecule has 0 spiro atoms. The minimum atomic E-state index is -3.44. The number of piperidine rings is 2. The molecule has 4 aromatic rings. The second-order valence-corrected chi connectivity index (χ2v) is 21.5. The van der Waals surface area contributed by atoms with Crippen LogP contribution in [-0.2, 0) is 32.6 Å². The largest absolute Gasteiger partial charge is 0.494 e. The van der Waals surface area contributed by atoms with Gasteiger partial charge in [-0.1, -0.05) is 12.1 Å². The second kappa shape index (κ2) is 18.5. The fraction of sp³-hybridized carbons (Fsp3) is 0.479. The molecule has 0 radical (unpaired) electrons.